The standard InChI is InChI=1S/C16H21FN2O/c1-19-7-5-11(6-8-19)16(20)18-15-10-14(15)12-3-2-4-13(17)9-12/h2-4,9,11,14-15H,5-8,10H2,1H3,(H,18,20)/t14-,15+/m0/s1. The third kappa shape index (κ3) is 3.01. The van der Waals surface area contributed by atoms with Crippen LogP contribution >= 0.6 is 0 Å². The second-order valence-corrected chi connectivity index (χ2v) is 6.09. The van der Waals surface area contributed by atoms with Crippen molar-refractivity contribution >= 4 is 5.91 Å². The predicted octanol–water partition coefficient (Wildman–Crippen LogP) is 2.14. The minimum Gasteiger partial charge on any atom is -0.352 e. The van der Waals surface area contributed by atoms with Crippen LogP contribution in [0.3, 0.4) is 0 Å². The van der Waals surface area contributed by atoms with Gasteiger partial charge in [-0.3, -0.25) is 4.79 Å². The summed E-state index contributed by atoms with van der Waals surface area (Å²) in [6.07, 6.45) is 2.82. The van der Waals surface area contributed by atoms with Crippen LogP contribution in [0.5, 0.6) is 0 Å². The van der Waals surface area contributed by atoms with Crippen LogP contribution in [0.15, 0.2) is 24.3 Å². The van der Waals surface area contributed by atoms with E-state index in [2.05, 4.69) is 17.3 Å². The number of hydrogen-bond acceptors (Lipinski definition) is 2. The molecule has 0 bridgehead atoms. The molecule has 2 fully saturated rings. The Morgan fingerprint density at radius 3 is 2.80 bits per heavy atom. The molecule has 1 aliphatic carbocycles. The van der Waals surface area contributed by atoms with E-state index in [0.29, 0.717) is 5.92 Å². The monoisotopic (exact) mass is 276 g/mol. The van der Waals surface area contributed by atoms with Crippen LogP contribution in [0.4, 0.5) is 4.39 Å². The number of piperidine rings is 1. The molecule has 3 rings (SSSR count). The van der Waals surface area contributed by atoms with E-state index in [0.717, 1.165) is 37.9 Å². The van der Waals surface area contributed by atoms with Crippen molar-refractivity contribution in [3.05, 3.63) is 35.6 Å². The van der Waals surface area contributed by atoms with Gasteiger partial charge in [0.2, 0.25) is 5.91 Å². The highest BCUT2D eigenvalue weighted by atomic mass is 19.1. The third-order valence-electron chi connectivity index (χ3n) is 4.48. The second-order valence-electron chi connectivity index (χ2n) is 6.09. The summed E-state index contributed by atoms with van der Waals surface area (Å²) in [6, 6.07) is 6.91. The van der Waals surface area contributed by atoms with Gasteiger partial charge in [0.25, 0.3) is 0 Å². The van der Waals surface area contributed by atoms with Gasteiger partial charge in [-0.25, -0.2) is 4.39 Å². The number of halogens is 1. The number of benzene rings is 1. The lowest BCUT2D eigenvalue weighted by Gasteiger charge is -2.28. The first-order chi connectivity index (χ1) is 9.63. The van der Waals surface area contributed by atoms with Gasteiger partial charge >= 0.3 is 0 Å². The summed E-state index contributed by atoms with van der Waals surface area (Å²) in [7, 11) is 2.09. The van der Waals surface area contributed by atoms with Crippen LogP contribution in [0.2, 0.25) is 0 Å². The fourth-order valence-corrected chi connectivity index (χ4v) is 3.03. The third-order valence-corrected chi connectivity index (χ3v) is 4.48. The van der Waals surface area contributed by atoms with Crippen molar-refractivity contribution in [1.29, 1.82) is 0 Å². The fraction of sp³-hybridized carbons (Fsp3) is 0.562. The molecular formula is C16H21FN2O. The van der Waals surface area contributed by atoms with Crippen molar-refractivity contribution in [2.24, 2.45) is 5.92 Å². The molecule has 108 valence electrons. The highest BCUT2D eigenvalue weighted by Gasteiger charge is 2.40. The summed E-state index contributed by atoms with van der Waals surface area (Å²) < 4.78 is 13.2. The predicted molar refractivity (Wildman–Crippen MR) is 75.9 cm³/mol. The summed E-state index contributed by atoms with van der Waals surface area (Å²) in [5.41, 5.74) is 0.999. The fourth-order valence-electron chi connectivity index (χ4n) is 3.03. The molecule has 2 aliphatic rings. The number of likely N-dealkylation sites (tertiary alicyclic amines) is 1. The van der Waals surface area contributed by atoms with Crippen molar-refractivity contribution in [1.82, 2.24) is 10.2 Å². The molecule has 1 aromatic carbocycles. The zero-order valence-corrected chi connectivity index (χ0v) is 11.8. The van der Waals surface area contributed by atoms with Gasteiger partial charge in [-0.15, -0.1) is 0 Å². The van der Waals surface area contributed by atoms with Gasteiger partial charge in [-0.1, -0.05) is 12.1 Å². The summed E-state index contributed by atoms with van der Waals surface area (Å²) >= 11 is 0. The van der Waals surface area contributed by atoms with Gasteiger partial charge < -0.3 is 10.2 Å². The maximum Gasteiger partial charge on any atom is 0.223 e. The first kappa shape index (κ1) is 13.6. The molecule has 1 N–H and O–H groups in total. The SMILES string of the molecule is CN1CCC(C(=O)N[C@@H]2C[C@H]2c2cccc(F)c2)CC1. The maximum absolute atomic E-state index is 13.2. The lowest BCUT2D eigenvalue weighted by atomic mass is 9.96. The van der Waals surface area contributed by atoms with E-state index >= 15 is 0 Å². The molecule has 0 radical (unpaired) electrons. The summed E-state index contributed by atoms with van der Waals surface area (Å²) in [5, 5.41) is 3.13. The van der Waals surface area contributed by atoms with E-state index in [-0.39, 0.29) is 23.7 Å². The second kappa shape index (κ2) is 5.52. The molecule has 1 saturated heterocycles. The molecular weight excluding hydrogens is 255 g/mol. The number of nitrogens with one attached hydrogen (secondary N) is 1. The van der Waals surface area contributed by atoms with Crippen molar-refractivity contribution in [2.45, 2.75) is 31.2 Å². The van der Waals surface area contributed by atoms with Gasteiger partial charge in [0.1, 0.15) is 5.82 Å². The topological polar surface area (TPSA) is 32.3 Å². The van der Waals surface area contributed by atoms with E-state index in [4.69, 9.17) is 0 Å². The molecule has 20 heavy (non-hydrogen) atoms. The van der Waals surface area contributed by atoms with E-state index < -0.39 is 0 Å². The largest absolute Gasteiger partial charge is 0.352 e. The Balaban J connectivity index is 1.52. The lowest BCUT2D eigenvalue weighted by molar-refractivity contribution is -0.126. The van der Waals surface area contributed by atoms with E-state index in [9.17, 15) is 9.18 Å². The van der Waals surface area contributed by atoms with Crippen LogP contribution in [0.25, 0.3) is 0 Å². The van der Waals surface area contributed by atoms with Crippen molar-refractivity contribution in [2.75, 3.05) is 20.1 Å². The first-order valence-electron chi connectivity index (χ1n) is 7.38. The van der Waals surface area contributed by atoms with E-state index in [1.54, 1.807) is 12.1 Å². The summed E-state index contributed by atoms with van der Waals surface area (Å²) in [6.45, 7) is 1.99. The normalized spacial score (nSPS) is 27.3. The van der Waals surface area contributed by atoms with Crippen LogP contribution < -0.4 is 5.32 Å². The van der Waals surface area contributed by atoms with Crippen LogP contribution in [-0.2, 0) is 4.79 Å². The summed E-state index contributed by atoms with van der Waals surface area (Å²) in [4.78, 5) is 14.5. The Morgan fingerprint density at radius 1 is 1.35 bits per heavy atom. The molecule has 1 amide bonds. The Hall–Kier alpha value is -1.42. The van der Waals surface area contributed by atoms with Gasteiger partial charge in [0, 0.05) is 17.9 Å². The average Bonchev–Trinajstić information content (AvgIpc) is 3.18. The molecule has 1 aliphatic heterocycles. The number of hydrogen-bond donors (Lipinski definition) is 1. The van der Waals surface area contributed by atoms with Crippen molar-refractivity contribution in [3.8, 4) is 0 Å². The molecule has 2 atom stereocenters. The molecule has 3 nitrogen and oxygen atoms in total. The molecule has 0 spiro atoms. The lowest BCUT2D eigenvalue weighted by Crippen LogP contribution is -2.40. The van der Waals surface area contributed by atoms with Gasteiger partial charge in [-0.2, -0.15) is 0 Å². The zero-order chi connectivity index (χ0) is 14.1. The first-order valence-corrected chi connectivity index (χ1v) is 7.38. The average molecular weight is 276 g/mol. The zero-order valence-electron chi connectivity index (χ0n) is 11.8. The van der Waals surface area contributed by atoms with Crippen LogP contribution in [-0.4, -0.2) is 37.0 Å². The number of carbonyl (C=O) groups excluding carboxylic acids is 1. The van der Waals surface area contributed by atoms with Crippen molar-refractivity contribution in [3.63, 3.8) is 0 Å². The number of carbonyl (C=O) groups is 1. The number of amides is 1. The minimum atomic E-state index is -0.199. The molecule has 1 heterocycles. The Bertz CT molecular complexity index is 497. The summed E-state index contributed by atoms with van der Waals surface area (Å²) in [5.74, 6) is 0.428. The van der Waals surface area contributed by atoms with E-state index in [1.165, 1.54) is 6.07 Å². The molecule has 1 aromatic rings. The molecule has 1 saturated carbocycles. The molecule has 0 aromatic heterocycles. The highest BCUT2D eigenvalue weighted by molar-refractivity contribution is 5.79. The molecule has 0 unspecified atom stereocenters. The smallest absolute Gasteiger partial charge is 0.223 e. The number of nitrogens with zero attached hydrogens (tertiary/aromatic N) is 1. The Kier molecular flexibility index (Phi) is 3.74. The minimum absolute atomic E-state index is 0.153. The highest BCUT2D eigenvalue weighted by Crippen LogP contribution is 2.41. The maximum atomic E-state index is 13.2. The van der Waals surface area contributed by atoms with Crippen LogP contribution in [0, 0.1) is 11.7 Å². The quantitative estimate of drug-likeness (QED) is 0.917. The van der Waals surface area contributed by atoms with Gasteiger partial charge in [0.15, 0.2) is 0 Å². The number of rotatable bonds is 3. The van der Waals surface area contributed by atoms with Gasteiger partial charge in [-0.05, 0) is 57.1 Å². The molecule has 4 heteroatoms. The van der Waals surface area contributed by atoms with Crippen LogP contribution in [0.1, 0.15) is 30.7 Å². The Morgan fingerprint density at radius 2 is 2.10 bits per heavy atom. The Labute approximate surface area is 119 Å². The van der Waals surface area contributed by atoms with Crippen molar-refractivity contribution < 1.29 is 9.18 Å². The van der Waals surface area contributed by atoms with Gasteiger partial charge in [0.05, 0.1) is 0 Å². The van der Waals surface area contributed by atoms with E-state index in [1.807, 2.05) is 6.07 Å².